The van der Waals surface area contributed by atoms with Gasteiger partial charge in [-0.05, 0) is 6.92 Å². The lowest BCUT2D eigenvalue weighted by molar-refractivity contribution is -0.125. The van der Waals surface area contributed by atoms with Crippen molar-refractivity contribution in [1.82, 2.24) is 0 Å². The SMILES string of the molecule is C[C@@H](O)[C@H](O)[C@H](O)C=O. The summed E-state index contributed by atoms with van der Waals surface area (Å²) in [6, 6.07) is 0. The van der Waals surface area contributed by atoms with Crippen molar-refractivity contribution >= 4 is 6.29 Å². The van der Waals surface area contributed by atoms with Gasteiger partial charge in [0.15, 0.2) is 6.29 Å². The van der Waals surface area contributed by atoms with E-state index >= 15 is 0 Å². The molecule has 0 rings (SSSR count). The second-order valence-electron chi connectivity index (χ2n) is 1.86. The Morgan fingerprint density at radius 3 is 1.89 bits per heavy atom. The van der Waals surface area contributed by atoms with E-state index in [1.807, 2.05) is 0 Å². The quantitative estimate of drug-likeness (QED) is 0.401. The van der Waals surface area contributed by atoms with Gasteiger partial charge >= 0.3 is 0 Å². The summed E-state index contributed by atoms with van der Waals surface area (Å²) in [7, 11) is 0. The fourth-order valence-corrected chi connectivity index (χ4v) is 0.366. The third-order valence-electron chi connectivity index (χ3n) is 0.984. The molecule has 3 N–H and O–H groups in total. The van der Waals surface area contributed by atoms with Crippen LogP contribution in [0.15, 0.2) is 0 Å². The minimum absolute atomic E-state index is 0.178. The van der Waals surface area contributed by atoms with Crippen LogP contribution in [0.3, 0.4) is 0 Å². The maximum Gasteiger partial charge on any atom is 0.151 e. The largest absolute Gasteiger partial charge is 0.391 e. The monoisotopic (exact) mass is 134 g/mol. The van der Waals surface area contributed by atoms with Gasteiger partial charge in [-0.2, -0.15) is 0 Å². The maximum atomic E-state index is 9.73. The minimum atomic E-state index is -1.48. The van der Waals surface area contributed by atoms with E-state index in [0.29, 0.717) is 0 Å². The molecule has 0 unspecified atom stereocenters. The van der Waals surface area contributed by atoms with Crippen LogP contribution in [0.5, 0.6) is 0 Å². The van der Waals surface area contributed by atoms with Crippen LogP contribution in [0, 0.1) is 0 Å². The highest BCUT2D eigenvalue weighted by molar-refractivity contribution is 5.56. The van der Waals surface area contributed by atoms with Crippen LogP contribution in [0.1, 0.15) is 6.92 Å². The van der Waals surface area contributed by atoms with E-state index in [2.05, 4.69) is 0 Å². The van der Waals surface area contributed by atoms with Crippen LogP contribution in [0.4, 0.5) is 0 Å². The molecule has 0 aromatic rings. The molecule has 0 fully saturated rings. The lowest BCUT2D eigenvalue weighted by Crippen LogP contribution is -2.36. The first-order valence-corrected chi connectivity index (χ1v) is 2.59. The van der Waals surface area contributed by atoms with E-state index in [1.165, 1.54) is 6.92 Å². The van der Waals surface area contributed by atoms with E-state index in [1.54, 1.807) is 0 Å². The van der Waals surface area contributed by atoms with Gasteiger partial charge in [-0.3, -0.25) is 0 Å². The van der Waals surface area contributed by atoms with Crippen molar-refractivity contribution in [2.45, 2.75) is 25.2 Å². The third-order valence-corrected chi connectivity index (χ3v) is 0.984. The second-order valence-corrected chi connectivity index (χ2v) is 1.86. The van der Waals surface area contributed by atoms with Crippen LogP contribution in [0.25, 0.3) is 0 Å². The van der Waals surface area contributed by atoms with Crippen LogP contribution < -0.4 is 0 Å². The highest BCUT2D eigenvalue weighted by atomic mass is 16.4. The number of aldehydes is 1. The number of aliphatic hydroxyl groups is 3. The summed E-state index contributed by atoms with van der Waals surface area (Å²) in [6.45, 7) is 1.29. The number of carbonyl (C=O) groups is 1. The van der Waals surface area contributed by atoms with Crippen molar-refractivity contribution < 1.29 is 20.1 Å². The smallest absolute Gasteiger partial charge is 0.151 e. The third kappa shape index (κ3) is 2.55. The van der Waals surface area contributed by atoms with Crippen molar-refractivity contribution in [2.24, 2.45) is 0 Å². The zero-order valence-electron chi connectivity index (χ0n) is 5.06. The predicted molar refractivity (Wildman–Crippen MR) is 29.8 cm³/mol. The molecule has 3 atom stereocenters. The molecule has 0 heterocycles. The molecule has 0 aliphatic rings. The van der Waals surface area contributed by atoms with Crippen LogP contribution in [0.2, 0.25) is 0 Å². The predicted octanol–water partition coefficient (Wildman–Crippen LogP) is -1.71. The van der Waals surface area contributed by atoms with Crippen molar-refractivity contribution in [3.05, 3.63) is 0 Å². The summed E-state index contributed by atoms with van der Waals surface area (Å²) in [6.07, 6.45) is -3.75. The lowest BCUT2D eigenvalue weighted by atomic mass is 10.1. The topological polar surface area (TPSA) is 77.8 Å². The molecule has 54 valence electrons. The first kappa shape index (κ1) is 8.55. The summed E-state index contributed by atoms with van der Waals surface area (Å²) in [5, 5.41) is 25.7. The van der Waals surface area contributed by atoms with Gasteiger partial charge in [0.25, 0.3) is 0 Å². The maximum absolute atomic E-state index is 9.73. The molecule has 0 aromatic heterocycles. The molecule has 0 amide bonds. The Morgan fingerprint density at radius 1 is 1.33 bits per heavy atom. The van der Waals surface area contributed by atoms with E-state index in [4.69, 9.17) is 15.3 Å². The Hall–Kier alpha value is -0.450. The summed E-state index contributed by atoms with van der Waals surface area (Å²) in [4.78, 5) is 9.73. The van der Waals surface area contributed by atoms with E-state index in [-0.39, 0.29) is 6.29 Å². The molecule has 0 saturated heterocycles. The van der Waals surface area contributed by atoms with Gasteiger partial charge in [0.2, 0.25) is 0 Å². The second kappa shape index (κ2) is 3.55. The van der Waals surface area contributed by atoms with Crippen molar-refractivity contribution in [3.8, 4) is 0 Å². The average Bonchev–Trinajstić information content (AvgIpc) is 1.84. The van der Waals surface area contributed by atoms with Gasteiger partial charge in [0, 0.05) is 0 Å². The fourth-order valence-electron chi connectivity index (χ4n) is 0.366. The minimum Gasteiger partial charge on any atom is -0.391 e. The Morgan fingerprint density at radius 2 is 1.78 bits per heavy atom. The van der Waals surface area contributed by atoms with Crippen molar-refractivity contribution in [3.63, 3.8) is 0 Å². The number of aliphatic hydroxyl groups excluding tert-OH is 3. The molecule has 0 spiro atoms. The molecule has 4 heteroatoms. The zero-order chi connectivity index (χ0) is 7.44. The molecule has 9 heavy (non-hydrogen) atoms. The van der Waals surface area contributed by atoms with Gasteiger partial charge in [-0.1, -0.05) is 0 Å². The molecule has 0 saturated carbocycles. The standard InChI is InChI=1S/C5H10O4/c1-3(7)5(9)4(8)2-6/h2-5,7-9H,1H3/t3-,4-,5+/m1/s1. The first-order chi connectivity index (χ1) is 4.09. The van der Waals surface area contributed by atoms with Crippen LogP contribution in [-0.4, -0.2) is 39.9 Å². The van der Waals surface area contributed by atoms with E-state index in [0.717, 1.165) is 0 Å². The van der Waals surface area contributed by atoms with Gasteiger partial charge in [0.05, 0.1) is 6.10 Å². The van der Waals surface area contributed by atoms with E-state index < -0.39 is 18.3 Å². The molecule has 0 aromatic carbocycles. The summed E-state index contributed by atoms with van der Waals surface area (Å²) in [5.74, 6) is 0. The Balaban J connectivity index is 3.71. The number of hydrogen-bond donors (Lipinski definition) is 3. The molecule has 0 aliphatic carbocycles. The molecule has 0 aliphatic heterocycles. The van der Waals surface area contributed by atoms with Gasteiger partial charge < -0.3 is 20.1 Å². The van der Waals surface area contributed by atoms with Gasteiger partial charge in [-0.25, -0.2) is 0 Å². The van der Waals surface area contributed by atoms with Gasteiger partial charge in [0.1, 0.15) is 12.2 Å². The normalized spacial score (nSPS) is 20.4. The molecular weight excluding hydrogens is 124 g/mol. The fraction of sp³-hybridized carbons (Fsp3) is 0.800. The highest BCUT2D eigenvalue weighted by Gasteiger charge is 2.19. The molecule has 0 bridgehead atoms. The number of rotatable bonds is 3. The Bertz CT molecular complexity index is 91.0. The summed E-state index contributed by atoms with van der Waals surface area (Å²) < 4.78 is 0. The molecule has 4 nitrogen and oxygen atoms in total. The van der Waals surface area contributed by atoms with Crippen molar-refractivity contribution in [1.29, 1.82) is 0 Å². The van der Waals surface area contributed by atoms with E-state index in [9.17, 15) is 4.79 Å². The average molecular weight is 134 g/mol. The van der Waals surface area contributed by atoms with Gasteiger partial charge in [-0.15, -0.1) is 0 Å². The summed E-state index contributed by atoms with van der Waals surface area (Å²) in [5.41, 5.74) is 0. The van der Waals surface area contributed by atoms with Crippen molar-refractivity contribution in [2.75, 3.05) is 0 Å². The number of hydrogen-bond acceptors (Lipinski definition) is 4. The zero-order valence-corrected chi connectivity index (χ0v) is 5.06. The Kier molecular flexibility index (Phi) is 3.37. The number of carbonyl (C=O) groups excluding carboxylic acids is 1. The highest BCUT2D eigenvalue weighted by Crippen LogP contribution is 1.95. The van der Waals surface area contributed by atoms with Crippen LogP contribution in [-0.2, 0) is 4.79 Å². The first-order valence-electron chi connectivity index (χ1n) is 2.59. The molecular formula is C5H10O4. The lowest BCUT2D eigenvalue weighted by Gasteiger charge is -2.14. The summed E-state index contributed by atoms with van der Waals surface area (Å²) >= 11 is 0. The molecule has 0 radical (unpaired) electrons. The van der Waals surface area contributed by atoms with Crippen LogP contribution >= 0.6 is 0 Å². The Labute approximate surface area is 52.7 Å².